The number of likely N-dealkylation sites (tertiary alicyclic amines) is 1. The van der Waals surface area contributed by atoms with Crippen molar-refractivity contribution >= 4 is 5.91 Å². The van der Waals surface area contributed by atoms with Crippen molar-refractivity contribution in [1.29, 1.82) is 0 Å². The van der Waals surface area contributed by atoms with Gasteiger partial charge < -0.3 is 4.90 Å². The van der Waals surface area contributed by atoms with Gasteiger partial charge in [-0.3, -0.25) is 9.89 Å². The number of amides is 1. The molecular formula is C14H21N3O. The van der Waals surface area contributed by atoms with Gasteiger partial charge in [0.05, 0.1) is 0 Å². The summed E-state index contributed by atoms with van der Waals surface area (Å²) in [5, 5.41) is 7.02. The molecule has 1 aliphatic carbocycles. The van der Waals surface area contributed by atoms with Crippen molar-refractivity contribution in [3.05, 3.63) is 18.0 Å². The van der Waals surface area contributed by atoms with Crippen LogP contribution >= 0.6 is 0 Å². The Morgan fingerprint density at radius 2 is 2.22 bits per heavy atom. The molecule has 98 valence electrons. The molecule has 2 fully saturated rings. The summed E-state index contributed by atoms with van der Waals surface area (Å²) in [5.74, 6) is 1.48. The SMILES string of the molecule is O=C(CC1CCCC1)N1CCC(c2ccn[nH]2)C1. The molecule has 1 aromatic rings. The molecule has 4 heteroatoms. The fourth-order valence-electron chi connectivity index (χ4n) is 3.33. The zero-order valence-corrected chi connectivity index (χ0v) is 10.8. The second-order valence-corrected chi connectivity index (χ2v) is 5.69. The van der Waals surface area contributed by atoms with Gasteiger partial charge in [0, 0.05) is 37.3 Å². The fourth-order valence-corrected chi connectivity index (χ4v) is 3.33. The molecule has 1 saturated heterocycles. The Morgan fingerprint density at radius 3 is 2.94 bits per heavy atom. The van der Waals surface area contributed by atoms with E-state index in [1.54, 1.807) is 6.20 Å². The Bertz CT molecular complexity index is 395. The van der Waals surface area contributed by atoms with Crippen molar-refractivity contribution < 1.29 is 4.79 Å². The predicted octanol–water partition coefficient (Wildman–Crippen LogP) is 2.31. The Hall–Kier alpha value is -1.32. The third kappa shape index (κ3) is 2.42. The first-order valence-corrected chi connectivity index (χ1v) is 7.10. The molecule has 2 aliphatic rings. The second-order valence-electron chi connectivity index (χ2n) is 5.69. The van der Waals surface area contributed by atoms with Crippen LogP contribution in [0.4, 0.5) is 0 Å². The monoisotopic (exact) mass is 247 g/mol. The number of nitrogens with one attached hydrogen (secondary N) is 1. The van der Waals surface area contributed by atoms with E-state index in [4.69, 9.17) is 0 Å². The van der Waals surface area contributed by atoms with Gasteiger partial charge in [0.1, 0.15) is 0 Å². The van der Waals surface area contributed by atoms with E-state index >= 15 is 0 Å². The standard InChI is InChI=1S/C14H21N3O/c18-14(9-11-3-1-2-4-11)17-8-6-12(10-17)13-5-7-15-16-13/h5,7,11-12H,1-4,6,8-10H2,(H,15,16). The molecule has 18 heavy (non-hydrogen) atoms. The van der Waals surface area contributed by atoms with Crippen LogP contribution in [-0.2, 0) is 4.79 Å². The summed E-state index contributed by atoms with van der Waals surface area (Å²) in [6.45, 7) is 1.78. The zero-order valence-electron chi connectivity index (χ0n) is 10.8. The average molecular weight is 247 g/mol. The Labute approximate surface area is 108 Å². The lowest BCUT2D eigenvalue weighted by molar-refractivity contribution is -0.131. The second kappa shape index (κ2) is 5.12. The quantitative estimate of drug-likeness (QED) is 0.891. The van der Waals surface area contributed by atoms with Gasteiger partial charge >= 0.3 is 0 Å². The smallest absolute Gasteiger partial charge is 0.222 e. The van der Waals surface area contributed by atoms with E-state index in [0.29, 0.717) is 17.7 Å². The molecule has 1 N–H and O–H groups in total. The van der Waals surface area contributed by atoms with Gasteiger partial charge in [-0.1, -0.05) is 12.8 Å². The third-order valence-corrected chi connectivity index (χ3v) is 4.44. The number of carbonyl (C=O) groups excluding carboxylic acids is 1. The predicted molar refractivity (Wildman–Crippen MR) is 69.1 cm³/mol. The molecule has 1 aromatic heterocycles. The summed E-state index contributed by atoms with van der Waals surface area (Å²) >= 11 is 0. The van der Waals surface area contributed by atoms with E-state index in [1.807, 2.05) is 11.0 Å². The molecule has 1 atom stereocenters. The maximum Gasteiger partial charge on any atom is 0.222 e. The van der Waals surface area contributed by atoms with Crippen LogP contribution in [0, 0.1) is 5.92 Å². The summed E-state index contributed by atoms with van der Waals surface area (Å²) in [7, 11) is 0. The number of aromatic amines is 1. The molecule has 0 bridgehead atoms. The molecule has 1 unspecified atom stereocenters. The van der Waals surface area contributed by atoms with E-state index in [-0.39, 0.29) is 0 Å². The molecule has 0 spiro atoms. The zero-order chi connectivity index (χ0) is 12.4. The van der Waals surface area contributed by atoms with Crippen LogP contribution in [-0.4, -0.2) is 34.1 Å². The van der Waals surface area contributed by atoms with Crippen LogP contribution in [0.15, 0.2) is 12.3 Å². The van der Waals surface area contributed by atoms with Gasteiger partial charge in [-0.2, -0.15) is 5.10 Å². The van der Waals surface area contributed by atoms with Gasteiger partial charge in [0.25, 0.3) is 0 Å². The van der Waals surface area contributed by atoms with Gasteiger partial charge in [0.15, 0.2) is 0 Å². The minimum Gasteiger partial charge on any atom is -0.342 e. The number of aromatic nitrogens is 2. The summed E-state index contributed by atoms with van der Waals surface area (Å²) in [5.41, 5.74) is 1.17. The highest BCUT2D eigenvalue weighted by Crippen LogP contribution is 2.30. The molecule has 0 aromatic carbocycles. The molecule has 1 amide bonds. The molecule has 1 saturated carbocycles. The summed E-state index contributed by atoms with van der Waals surface area (Å²) in [6, 6.07) is 2.02. The minimum absolute atomic E-state index is 0.365. The largest absolute Gasteiger partial charge is 0.342 e. The van der Waals surface area contributed by atoms with Gasteiger partial charge in [-0.15, -0.1) is 0 Å². The highest BCUT2D eigenvalue weighted by molar-refractivity contribution is 5.76. The summed E-state index contributed by atoms with van der Waals surface area (Å²) < 4.78 is 0. The molecular weight excluding hydrogens is 226 g/mol. The molecule has 3 rings (SSSR count). The maximum atomic E-state index is 12.2. The van der Waals surface area contributed by atoms with E-state index < -0.39 is 0 Å². The Kier molecular flexibility index (Phi) is 3.35. The van der Waals surface area contributed by atoms with Gasteiger partial charge in [-0.05, 0) is 31.2 Å². The van der Waals surface area contributed by atoms with Crippen LogP contribution in [0.25, 0.3) is 0 Å². The van der Waals surface area contributed by atoms with Gasteiger partial charge in [0.2, 0.25) is 5.91 Å². The van der Waals surface area contributed by atoms with Crippen LogP contribution in [0.2, 0.25) is 0 Å². The Balaban J connectivity index is 1.53. The normalized spacial score (nSPS) is 24.9. The Morgan fingerprint density at radius 1 is 1.39 bits per heavy atom. The minimum atomic E-state index is 0.365. The lowest BCUT2D eigenvalue weighted by Gasteiger charge is -2.18. The topological polar surface area (TPSA) is 49.0 Å². The lowest BCUT2D eigenvalue weighted by atomic mass is 10.0. The first-order valence-electron chi connectivity index (χ1n) is 7.10. The number of nitrogens with zero attached hydrogens (tertiary/aromatic N) is 2. The first-order chi connectivity index (χ1) is 8.83. The van der Waals surface area contributed by atoms with Crippen molar-refractivity contribution in [3.8, 4) is 0 Å². The molecule has 4 nitrogen and oxygen atoms in total. The van der Waals surface area contributed by atoms with E-state index in [0.717, 1.165) is 25.9 Å². The van der Waals surface area contributed by atoms with E-state index in [9.17, 15) is 4.79 Å². The number of carbonyl (C=O) groups is 1. The highest BCUT2D eigenvalue weighted by Gasteiger charge is 2.29. The van der Waals surface area contributed by atoms with Crippen LogP contribution in [0.5, 0.6) is 0 Å². The number of H-pyrrole nitrogens is 1. The lowest BCUT2D eigenvalue weighted by Crippen LogP contribution is -2.29. The van der Waals surface area contributed by atoms with Crippen molar-refractivity contribution in [3.63, 3.8) is 0 Å². The van der Waals surface area contributed by atoms with Gasteiger partial charge in [-0.25, -0.2) is 0 Å². The summed E-state index contributed by atoms with van der Waals surface area (Å²) in [6.07, 6.45) is 8.77. The molecule has 2 heterocycles. The average Bonchev–Trinajstić information content (AvgIpc) is 3.11. The van der Waals surface area contributed by atoms with Crippen molar-refractivity contribution in [2.75, 3.05) is 13.1 Å². The van der Waals surface area contributed by atoms with E-state index in [2.05, 4.69) is 10.2 Å². The van der Waals surface area contributed by atoms with Crippen molar-refractivity contribution in [2.24, 2.45) is 5.92 Å². The first kappa shape index (κ1) is 11.8. The van der Waals surface area contributed by atoms with Crippen LogP contribution < -0.4 is 0 Å². The number of hydrogen-bond donors (Lipinski definition) is 1. The highest BCUT2D eigenvalue weighted by atomic mass is 16.2. The van der Waals surface area contributed by atoms with Crippen molar-refractivity contribution in [2.45, 2.75) is 44.4 Å². The summed E-state index contributed by atoms with van der Waals surface area (Å²) in [4.78, 5) is 14.3. The molecule has 0 radical (unpaired) electrons. The number of rotatable bonds is 3. The number of hydrogen-bond acceptors (Lipinski definition) is 2. The maximum absolute atomic E-state index is 12.2. The third-order valence-electron chi connectivity index (χ3n) is 4.44. The van der Waals surface area contributed by atoms with Crippen molar-refractivity contribution in [1.82, 2.24) is 15.1 Å². The van der Waals surface area contributed by atoms with Crippen LogP contribution in [0.3, 0.4) is 0 Å². The van der Waals surface area contributed by atoms with Crippen LogP contribution in [0.1, 0.15) is 50.1 Å². The fraction of sp³-hybridized carbons (Fsp3) is 0.714. The molecule has 1 aliphatic heterocycles. The van der Waals surface area contributed by atoms with E-state index in [1.165, 1.54) is 31.4 Å².